The number of aromatic nitrogens is 2. The van der Waals surface area contributed by atoms with Gasteiger partial charge in [0.05, 0.1) is 31.5 Å². The number of benzene rings is 1. The summed E-state index contributed by atoms with van der Waals surface area (Å²) in [6, 6.07) is 16.7. The van der Waals surface area contributed by atoms with Crippen LogP contribution in [0.2, 0.25) is 19.6 Å². The molecule has 2 aromatic heterocycles. The van der Waals surface area contributed by atoms with E-state index in [9.17, 15) is 0 Å². The second-order valence-electron chi connectivity index (χ2n) is 17.2. The fourth-order valence-corrected chi connectivity index (χ4v) is 11.0. The van der Waals surface area contributed by atoms with E-state index in [2.05, 4.69) is 143 Å². The maximum absolute atomic E-state index is 5.92. The van der Waals surface area contributed by atoms with Gasteiger partial charge in [-0.25, -0.2) is 0 Å². The number of pyridine rings is 2. The van der Waals surface area contributed by atoms with Crippen LogP contribution < -0.4 is 14.3 Å². The Labute approximate surface area is 305 Å². The van der Waals surface area contributed by atoms with E-state index in [-0.39, 0.29) is 11.6 Å². The molecular weight excluding hydrogens is 623 g/mol. The fraction of sp³-hybridized carbons (Fsp3) is 0.500. The van der Waals surface area contributed by atoms with Gasteiger partial charge in [0.2, 0.25) is 5.69 Å². The molecule has 3 aromatic rings. The van der Waals surface area contributed by atoms with Crippen molar-refractivity contribution < 1.29 is 9.13 Å². The van der Waals surface area contributed by atoms with Crippen LogP contribution in [0, 0.1) is 18.8 Å². The predicted molar refractivity (Wildman–Crippen MR) is 215 cm³/mol. The van der Waals surface area contributed by atoms with Gasteiger partial charge in [0, 0.05) is 40.6 Å². The van der Waals surface area contributed by atoms with Crippen LogP contribution in [0.1, 0.15) is 107 Å². The number of allylic oxidation sites excluding steroid dienone is 4. The Morgan fingerprint density at radius 3 is 2.48 bits per heavy atom. The summed E-state index contributed by atoms with van der Waals surface area (Å²) in [6.45, 7) is 24.6. The molecule has 6 rings (SSSR count). The minimum atomic E-state index is -1.64. The molecule has 3 nitrogen and oxygen atoms in total. The standard InChI is InChI=1S/C46H63N3Si/c1-10-17-42(36-18-13-12-14-19-36)47-46(24-11-2)25-22-41-39-20-15-16-21-40(39)43-29-37(27-33(3)4)44(50(7,8)9)32-49(43)45(41)35(6)31-48-26-23-34(5)28-38(48)30-46/h10-11,15-17,20-21,23-24,26,28-29,32-33,36,41,45H,6,12-14,18-19,22,25,27,30-31H2,1-5,7-9H3/q+2/b17-10-,24-11-,47-42?. The number of fused-ring (bicyclic) bond motifs is 7. The van der Waals surface area contributed by atoms with Crippen LogP contribution in [0.4, 0.5) is 0 Å². The van der Waals surface area contributed by atoms with Crippen molar-refractivity contribution in [2.75, 3.05) is 0 Å². The maximum atomic E-state index is 5.92. The van der Waals surface area contributed by atoms with Gasteiger partial charge >= 0.3 is 0 Å². The molecule has 1 fully saturated rings. The minimum absolute atomic E-state index is 0.170. The SMILES string of the molecule is C=C1C[n+]2ccc(C)cc2CC(/C=C\C)(N=C(/C=C\C)C2CCCCC2)CCC2c3ccccc3-c3cc(CC(C)C)c([Si](C)(C)C)c[n+]3C12. The maximum Gasteiger partial charge on any atom is 0.213 e. The summed E-state index contributed by atoms with van der Waals surface area (Å²) in [5.41, 5.74) is 10.7. The molecule has 4 heterocycles. The van der Waals surface area contributed by atoms with Crippen molar-refractivity contribution in [1.29, 1.82) is 0 Å². The molecule has 1 aliphatic carbocycles. The average Bonchev–Trinajstić information content (AvgIpc) is 3.07. The summed E-state index contributed by atoms with van der Waals surface area (Å²) in [7, 11) is -1.64. The first-order valence-electron chi connectivity index (χ1n) is 19.6. The Morgan fingerprint density at radius 2 is 1.78 bits per heavy atom. The number of rotatable bonds is 7. The predicted octanol–water partition coefficient (Wildman–Crippen LogP) is 10.1. The first kappa shape index (κ1) is 36.4. The van der Waals surface area contributed by atoms with Crippen LogP contribution in [-0.2, 0) is 19.4 Å². The highest BCUT2D eigenvalue weighted by molar-refractivity contribution is 6.89. The first-order valence-corrected chi connectivity index (χ1v) is 23.1. The number of hydrogen-bond donors (Lipinski definition) is 0. The average molecular weight is 686 g/mol. The molecule has 3 atom stereocenters. The largest absolute Gasteiger partial charge is 0.278 e. The van der Waals surface area contributed by atoms with E-state index in [1.54, 1.807) is 10.8 Å². The zero-order valence-electron chi connectivity index (χ0n) is 32.4. The van der Waals surface area contributed by atoms with Crippen molar-refractivity contribution in [2.45, 2.75) is 136 Å². The van der Waals surface area contributed by atoms with E-state index in [1.165, 1.54) is 71.5 Å². The summed E-state index contributed by atoms with van der Waals surface area (Å²) >= 11 is 0. The summed E-state index contributed by atoms with van der Waals surface area (Å²) < 4.78 is 5.17. The van der Waals surface area contributed by atoms with Crippen LogP contribution >= 0.6 is 0 Å². The lowest BCUT2D eigenvalue weighted by molar-refractivity contribution is -0.728. The highest BCUT2D eigenvalue weighted by Gasteiger charge is 2.46. The molecule has 1 saturated carbocycles. The van der Waals surface area contributed by atoms with Gasteiger partial charge in [-0.2, -0.15) is 9.13 Å². The van der Waals surface area contributed by atoms with Gasteiger partial charge in [-0.1, -0.05) is 95.8 Å². The Morgan fingerprint density at radius 1 is 1.02 bits per heavy atom. The zero-order valence-corrected chi connectivity index (χ0v) is 33.4. The van der Waals surface area contributed by atoms with Crippen molar-refractivity contribution >= 4 is 19.0 Å². The molecule has 4 heteroatoms. The summed E-state index contributed by atoms with van der Waals surface area (Å²) in [5.74, 6) is 1.47. The monoisotopic (exact) mass is 685 g/mol. The lowest BCUT2D eigenvalue weighted by Gasteiger charge is -2.36. The molecule has 1 aromatic carbocycles. The molecule has 2 aliphatic heterocycles. The van der Waals surface area contributed by atoms with Gasteiger partial charge in [0.15, 0.2) is 30.7 Å². The third-order valence-corrected chi connectivity index (χ3v) is 13.7. The quantitative estimate of drug-likeness (QED) is 0.102. The Kier molecular flexibility index (Phi) is 11.0. The van der Waals surface area contributed by atoms with Gasteiger partial charge in [-0.05, 0) is 87.6 Å². The summed E-state index contributed by atoms with van der Waals surface area (Å²) in [4.78, 5) is 5.92. The molecule has 0 amide bonds. The Bertz CT molecular complexity index is 1800. The van der Waals surface area contributed by atoms with E-state index >= 15 is 0 Å². The van der Waals surface area contributed by atoms with Crippen LogP contribution in [-0.4, -0.2) is 19.3 Å². The molecule has 0 N–H and O–H groups in total. The van der Waals surface area contributed by atoms with Crippen molar-refractivity contribution in [1.82, 2.24) is 0 Å². The number of aliphatic imine (C=N–C) groups is 1. The number of hydrogen-bond acceptors (Lipinski definition) is 1. The fourth-order valence-electron chi connectivity index (χ4n) is 9.35. The van der Waals surface area contributed by atoms with E-state index in [4.69, 9.17) is 11.6 Å². The zero-order chi connectivity index (χ0) is 35.6. The summed E-state index contributed by atoms with van der Waals surface area (Å²) in [6.07, 6.45) is 24.7. The molecule has 3 aliphatic rings. The van der Waals surface area contributed by atoms with Gasteiger partial charge in [0.25, 0.3) is 0 Å². The highest BCUT2D eigenvalue weighted by atomic mass is 28.3. The lowest BCUT2D eigenvalue weighted by atomic mass is 9.74. The topological polar surface area (TPSA) is 20.1 Å². The van der Waals surface area contributed by atoms with E-state index < -0.39 is 8.07 Å². The second-order valence-corrected chi connectivity index (χ2v) is 22.2. The molecule has 0 radical (unpaired) electrons. The van der Waals surface area contributed by atoms with Gasteiger partial charge in [-0.15, -0.1) is 0 Å². The number of nitrogens with zero attached hydrogens (tertiary/aromatic N) is 3. The molecule has 0 spiro atoms. The van der Waals surface area contributed by atoms with Gasteiger partial charge in [0.1, 0.15) is 0 Å². The van der Waals surface area contributed by atoms with Gasteiger partial charge in [-0.3, -0.25) is 4.99 Å². The van der Waals surface area contributed by atoms with E-state index in [0.717, 1.165) is 32.2 Å². The van der Waals surface area contributed by atoms with Gasteiger partial charge < -0.3 is 0 Å². The van der Waals surface area contributed by atoms with E-state index in [1.807, 2.05) is 0 Å². The third kappa shape index (κ3) is 7.61. The molecule has 0 saturated heterocycles. The van der Waals surface area contributed by atoms with Crippen LogP contribution in [0.3, 0.4) is 0 Å². The molecule has 264 valence electrons. The van der Waals surface area contributed by atoms with Crippen molar-refractivity contribution in [3.63, 3.8) is 0 Å². The first-order chi connectivity index (χ1) is 23.9. The number of aryl methyl sites for hydroxylation is 1. The lowest BCUT2D eigenvalue weighted by Crippen LogP contribution is -2.56. The van der Waals surface area contributed by atoms with Crippen molar-refractivity contribution in [3.05, 3.63) is 114 Å². The smallest absolute Gasteiger partial charge is 0.213 e. The molecule has 50 heavy (non-hydrogen) atoms. The van der Waals surface area contributed by atoms with Crippen molar-refractivity contribution in [3.8, 4) is 11.3 Å². The Balaban J connectivity index is 1.58. The normalized spacial score (nSPS) is 23.5. The van der Waals surface area contributed by atoms with E-state index in [0.29, 0.717) is 17.8 Å². The second kappa shape index (κ2) is 15.1. The molecule has 3 unspecified atom stereocenters. The molecular formula is C46H63N3Si+2. The highest BCUT2D eigenvalue weighted by Crippen LogP contribution is 2.46. The minimum Gasteiger partial charge on any atom is -0.278 e. The van der Waals surface area contributed by atoms with Crippen LogP contribution in [0.15, 0.2) is 96.3 Å². The van der Waals surface area contributed by atoms with Crippen LogP contribution in [0.5, 0.6) is 0 Å². The Hall–Kier alpha value is -3.37. The van der Waals surface area contributed by atoms with Crippen LogP contribution in [0.25, 0.3) is 11.3 Å². The van der Waals surface area contributed by atoms with Crippen molar-refractivity contribution in [2.24, 2.45) is 16.8 Å². The summed E-state index contributed by atoms with van der Waals surface area (Å²) in [5, 5.41) is 1.60. The molecule has 0 bridgehead atoms. The third-order valence-electron chi connectivity index (χ3n) is 11.6.